The summed E-state index contributed by atoms with van der Waals surface area (Å²) in [6.45, 7) is 15.4. The van der Waals surface area contributed by atoms with E-state index in [0.29, 0.717) is 6.54 Å². The molecule has 1 aromatic rings. The molecule has 36 heavy (non-hydrogen) atoms. The Hall–Kier alpha value is -2.71. The van der Waals surface area contributed by atoms with Gasteiger partial charge < -0.3 is 26.4 Å². The number of hydrogen-bond acceptors (Lipinski definition) is 5. The van der Waals surface area contributed by atoms with Gasteiger partial charge in [-0.2, -0.15) is 0 Å². The summed E-state index contributed by atoms with van der Waals surface area (Å²) >= 11 is 0. The molecule has 0 radical (unpaired) electrons. The zero-order chi connectivity index (χ0) is 28.0. The molecule has 0 saturated heterocycles. The van der Waals surface area contributed by atoms with E-state index >= 15 is 0 Å². The Kier molecular flexibility index (Phi) is 10.9. The summed E-state index contributed by atoms with van der Waals surface area (Å²) in [6.07, 6.45) is 1.59. The zero-order valence-corrected chi connectivity index (χ0v) is 23.6. The number of rotatable bonds is 11. The lowest BCUT2D eigenvalue weighted by atomic mass is 9.76. The summed E-state index contributed by atoms with van der Waals surface area (Å²) in [5, 5.41) is 15.5. The molecule has 5 N–H and O–H groups in total. The summed E-state index contributed by atoms with van der Waals surface area (Å²) in [4.78, 5) is 40.3. The number of carboxylic acid groups (broad SMARTS) is 1. The van der Waals surface area contributed by atoms with Gasteiger partial charge in [-0.05, 0) is 36.4 Å². The van der Waals surface area contributed by atoms with Crippen molar-refractivity contribution < 1.29 is 19.5 Å². The van der Waals surface area contributed by atoms with E-state index in [1.54, 1.807) is 20.2 Å². The highest BCUT2D eigenvalue weighted by atomic mass is 16.4. The average molecular weight is 503 g/mol. The molecule has 1 rings (SSSR count). The molecule has 0 aliphatic heterocycles. The van der Waals surface area contributed by atoms with Gasteiger partial charge in [0.15, 0.2) is 0 Å². The third-order valence-electron chi connectivity index (χ3n) is 6.81. The van der Waals surface area contributed by atoms with Crippen molar-refractivity contribution in [2.45, 2.75) is 85.5 Å². The van der Waals surface area contributed by atoms with Crippen LogP contribution in [-0.2, 0) is 26.3 Å². The predicted molar refractivity (Wildman–Crippen MR) is 144 cm³/mol. The SMILES string of the molecule is CNC(C(=O)N[C@H](C(=O)N(C)[C@H](/C=C(\C)C(=O)O)C(C)C)C(C)(C)C)C(C)(C)c1cccc(CN)c1. The highest BCUT2D eigenvalue weighted by Crippen LogP contribution is 2.29. The Morgan fingerprint density at radius 3 is 2.14 bits per heavy atom. The van der Waals surface area contributed by atoms with Crippen LogP contribution < -0.4 is 16.4 Å². The van der Waals surface area contributed by atoms with E-state index in [9.17, 15) is 19.5 Å². The maximum absolute atomic E-state index is 13.7. The Bertz CT molecular complexity index is 963. The second-order valence-electron chi connectivity index (χ2n) is 11.5. The summed E-state index contributed by atoms with van der Waals surface area (Å²) in [5.41, 5.74) is 6.75. The van der Waals surface area contributed by atoms with Gasteiger partial charge in [0, 0.05) is 24.6 Å². The number of nitrogens with zero attached hydrogens (tertiary/aromatic N) is 1. The average Bonchev–Trinajstić information content (AvgIpc) is 2.79. The Morgan fingerprint density at radius 2 is 1.69 bits per heavy atom. The lowest BCUT2D eigenvalue weighted by Crippen LogP contribution is -2.61. The van der Waals surface area contributed by atoms with Crippen LogP contribution in [-0.4, -0.2) is 60.0 Å². The van der Waals surface area contributed by atoms with Crippen LogP contribution >= 0.6 is 0 Å². The quantitative estimate of drug-likeness (QED) is 0.345. The van der Waals surface area contributed by atoms with Crippen molar-refractivity contribution in [2.24, 2.45) is 17.1 Å². The summed E-state index contributed by atoms with van der Waals surface area (Å²) in [5.74, 6) is -1.62. The third-order valence-corrected chi connectivity index (χ3v) is 6.81. The molecular weight excluding hydrogens is 456 g/mol. The van der Waals surface area contributed by atoms with Crippen molar-refractivity contribution in [1.82, 2.24) is 15.5 Å². The first-order valence-corrected chi connectivity index (χ1v) is 12.4. The van der Waals surface area contributed by atoms with Crippen molar-refractivity contribution >= 4 is 17.8 Å². The van der Waals surface area contributed by atoms with Gasteiger partial charge in [0.2, 0.25) is 11.8 Å². The Balaban J connectivity index is 3.33. The Labute approximate surface area is 216 Å². The standard InChI is InChI=1S/C28H46N4O4/c1-17(2)21(14-18(3)26(35)36)32(10)25(34)23(27(4,5)6)31-24(33)22(30-9)28(7,8)20-13-11-12-19(15-20)16-29/h11-15,17,21-23,30H,16,29H2,1-10H3,(H,31,33)(H,35,36)/b18-14+/t21-,22?,23-/m1/s1. The fourth-order valence-electron chi connectivity index (χ4n) is 4.39. The Morgan fingerprint density at radius 1 is 1.11 bits per heavy atom. The van der Waals surface area contributed by atoms with Crippen molar-refractivity contribution in [3.05, 3.63) is 47.0 Å². The van der Waals surface area contributed by atoms with Crippen LogP contribution in [0.2, 0.25) is 0 Å². The van der Waals surface area contributed by atoms with Gasteiger partial charge in [-0.25, -0.2) is 4.79 Å². The van der Waals surface area contributed by atoms with E-state index in [-0.39, 0.29) is 23.3 Å². The molecule has 2 amide bonds. The largest absolute Gasteiger partial charge is 0.478 e. The molecule has 8 heteroatoms. The number of benzene rings is 1. The van der Waals surface area contributed by atoms with Crippen molar-refractivity contribution in [3.8, 4) is 0 Å². The van der Waals surface area contributed by atoms with E-state index in [2.05, 4.69) is 10.6 Å². The van der Waals surface area contributed by atoms with Crippen LogP contribution in [0.5, 0.6) is 0 Å². The highest BCUT2D eigenvalue weighted by Gasteiger charge is 2.41. The van der Waals surface area contributed by atoms with Gasteiger partial charge >= 0.3 is 5.97 Å². The normalized spacial score (nSPS) is 15.3. The minimum atomic E-state index is -1.03. The molecule has 0 aliphatic rings. The lowest BCUT2D eigenvalue weighted by molar-refractivity contribution is -0.141. The monoisotopic (exact) mass is 502 g/mol. The van der Waals surface area contributed by atoms with Gasteiger partial charge in [-0.1, -0.05) is 78.8 Å². The number of likely N-dealkylation sites (N-methyl/N-ethyl adjacent to an activating group) is 2. The maximum atomic E-state index is 13.7. The fourth-order valence-corrected chi connectivity index (χ4v) is 4.39. The smallest absolute Gasteiger partial charge is 0.331 e. The first kappa shape index (κ1) is 31.3. The molecule has 8 nitrogen and oxygen atoms in total. The van der Waals surface area contributed by atoms with Crippen LogP contribution in [0.1, 0.15) is 66.5 Å². The van der Waals surface area contributed by atoms with Crippen LogP contribution in [0.3, 0.4) is 0 Å². The first-order valence-electron chi connectivity index (χ1n) is 12.4. The first-order chi connectivity index (χ1) is 16.5. The summed E-state index contributed by atoms with van der Waals surface area (Å²) in [6, 6.07) is 5.97. The number of carboxylic acids is 1. The van der Waals surface area contributed by atoms with Gasteiger partial charge in [0.05, 0.1) is 12.1 Å². The molecule has 0 spiro atoms. The second kappa shape index (κ2) is 12.5. The predicted octanol–water partition coefficient (Wildman–Crippen LogP) is 3.06. The molecule has 0 heterocycles. The maximum Gasteiger partial charge on any atom is 0.331 e. The molecule has 1 unspecified atom stereocenters. The van der Waals surface area contributed by atoms with Crippen LogP contribution in [0, 0.1) is 11.3 Å². The molecular formula is C28H46N4O4. The van der Waals surface area contributed by atoms with E-state index in [1.165, 1.54) is 11.8 Å². The minimum Gasteiger partial charge on any atom is -0.478 e. The fraction of sp³-hybridized carbons (Fsp3) is 0.607. The molecule has 0 fully saturated rings. The van der Waals surface area contributed by atoms with Crippen LogP contribution in [0.25, 0.3) is 0 Å². The van der Waals surface area contributed by atoms with Gasteiger partial charge in [-0.15, -0.1) is 0 Å². The van der Waals surface area contributed by atoms with Crippen molar-refractivity contribution in [3.63, 3.8) is 0 Å². The van der Waals surface area contributed by atoms with Crippen molar-refractivity contribution in [2.75, 3.05) is 14.1 Å². The number of hydrogen-bond donors (Lipinski definition) is 4. The number of aliphatic carboxylic acids is 1. The number of nitrogens with one attached hydrogen (secondary N) is 2. The molecule has 0 saturated carbocycles. The van der Waals surface area contributed by atoms with Gasteiger partial charge in [0.1, 0.15) is 6.04 Å². The zero-order valence-electron chi connectivity index (χ0n) is 23.6. The van der Waals surface area contributed by atoms with Crippen molar-refractivity contribution in [1.29, 1.82) is 0 Å². The molecule has 202 valence electrons. The molecule has 1 aromatic carbocycles. The number of amides is 2. The molecule has 0 aliphatic carbocycles. The molecule has 3 atom stereocenters. The number of carbonyl (C=O) groups is 3. The minimum absolute atomic E-state index is 0.0246. The molecule has 0 bridgehead atoms. The summed E-state index contributed by atoms with van der Waals surface area (Å²) in [7, 11) is 3.38. The number of nitrogens with two attached hydrogens (primary N) is 1. The topological polar surface area (TPSA) is 125 Å². The lowest BCUT2D eigenvalue weighted by Gasteiger charge is -2.40. The summed E-state index contributed by atoms with van der Waals surface area (Å²) < 4.78 is 0. The molecule has 0 aromatic heterocycles. The second-order valence-corrected chi connectivity index (χ2v) is 11.5. The third kappa shape index (κ3) is 7.64. The van der Waals surface area contributed by atoms with E-state index in [4.69, 9.17) is 5.73 Å². The van der Waals surface area contributed by atoms with E-state index in [0.717, 1.165) is 11.1 Å². The van der Waals surface area contributed by atoms with Crippen LogP contribution in [0.15, 0.2) is 35.9 Å². The van der Waals surface area contributed by atoms with Gasteiger partial charge in [0.25, 0.3) is 0 Å². The van der Waals surface area contributed by atoms with E-state index in [1.807, 2.05) is 72.7 Å². The van der Waals surface area contributed by atoms with Crippen LogP contribution in [0.4, 0.5) is 0 Å². The van der Waals surface area contributed by atoms with E-state index < -0.39 is 34.9 Å². The number of carbonyl (C=O) groups excluding carboxylic acids is 2. The highest BCUT2D eigenvalue weighted by molar-refractivity contribution is 5.91. The van der Waals surface area contributed by atoms with Gasteiger partial charge in [-0.3, -0.25) is 9.59 Å².